The van der Waals surface area contributed by atoms with Gasteiger partial charge >= 0.3 is 0 Å². The molecule has 2 aromatic rings. The Hall–Kier alpha value is -2.43. The van der Waals surface area contributed by atoms with Crippen molar-refractivity contribution in [1.29, 1.82) is 0 Å². The minimum atomic E-state index is -0.384. The molecule has 1 amide bonds. The van der Waals surface area contributed by atoms with Crippen molar-refractivity contribution in [2.75, 3.05) is 19.6 Å². The average molecular weight is 390 g/mol. The van der Waals surface area contributed by atoms with Gasteiger partial charge in [-0.1, -0.05) is 60.7 Å². The summed E-state index contributed by atoms with van der Waals surface area (Å²) >= 11 is 0. The Morgan fingerprint density at radius 1 is 0.966 bits per heavy atom. The second-order valence-electron chi connectivity index (χ2n) is 8.11. The first-order valence-corrected chi connectivity index (χ1v) is 10.9. The molecule has 1 unspecified atom stereocenters. The second-order valence-corrected chi connectivity index (χ2v) is 8.11. The van der Waals surface area contributed by atoms with Gasteiger partial charge in [-0.15, -0.1) is 0 Å². The van der Waals surface area contributed by atoms with Crippen molar-refractivity contribution in [3.8, 4) is 0 Å². The molecular formula is C25H31N3O. The van der Waals surface area contributed by atoms with Crippen LogP contribution >= 0.6 is 0 Å². The molecule has 4 rings (SSSR count). The highest BCUT2D eigenvalue weighted by Crippen LogP contribution is 2.32. The third-order valence-corrected chi connectivity index (χ3v) is 6.08. The third-order valence-electron chi connectivity index (χ3n) is 6.08. The third kappa shape index (κ3) is 4.60. The molecule has 0 saturated carbocycles. The van der Waals surface area contributed by atoms with Crippen molar-refractivity contribution in [3.63, 3.8) is 0 Å². The number of hydrogen-bond donors (Lipinski definition) is 2. The van der Waals surface area contributed by atoms with E-state index in [0.29, 0.717) is 0 Å². The number of nitrogens with two attached hydrogens (primary N) is 1. The Morgan fingerprint density at radius 3 is 2.17 bits per heavy atom. The summed E-state index contributed by atoms with van der Waals surface area (Å²) in [4.78, 5) is 14.5. The van der Waals surface area contributed by atoms with Crippen molar-refractivity contribution in [1.82, 2.24) is 10.2 Å². The molecule has 2 aromatic carbocycles. The first-order chi connectivity index (χ1) is 14.2. The van der Waals surface area contributed by atoms with E-state index in [9.17, 15) is 4.79 Å². The standard InChI is InChI=1S/C25H31N3O/c26-23(25(29)28-17-6-1-7-18-28)13-8-16-27-24-21-11-4-2-9-19(21)14-15-20-10-3-5-12-22(20)24/h2-5,9-12,14-15,23-24,27H,1,6-8,13,16-18,26H2. The van der Waals surface area contributed by atoms with Crippen molar-refractivity contribution in [3.05, 3.63) is 70.8 Å². The molecular weight excluding hydrogens is 358 g/mol. The number of piperidine rings is 1. The fourth-order valence-corrected chi connectivity index (χ4v) is 4.46. The van der Waals surface area contributed by atoms with Crippen molar-refractivity contribution in [2.24, 2.45) is 5.73 Å². The van der Waals surface area contributed by atoms with E-state index < -0.39 is 0 Å². The van der Waals surface area contributed by atoms with Gasteiger partial charge in [0.1, 0.15) is 0 Å². The monoisotopic (exact) mass is 389 g/mol. The highest BCUT2D eigenvalue weighted by Gasteiger charge is 2.23. The fourth-order valence-electron chi connectivity index (χ4n) is 4.46. The zero-order valence-corrected chi connectivity index (χ0v) is 17.0. The topological polar surface area (TPSA) is 58.4 Å². The summed E-state index contributed by atoms with van der Waals surface area (Å²) in [6.07, 6.45) is 9.43. The lowest BCUT2D eigenvalue weighted by Gasteiger charge is -2.29. The lowest BCUT2D eigenvalue weighted by Crippen LogP contribution is -2.46. The second kappa shape index (κ2) is 9.38. The number of rotatable bonds is 6. The Labute approximate surface area is 173 Å². The smallest absolute Gasteiger partial charge is 0.239 e. The molecule has 152 valence electrons. The van der Waals surface area contributed by atoms with Gasteiger partial charge in [-0.2, -0.15) is 0 Å². The first kappa shape index (κ1) is 19.9. The van der Waals surface area contributed by atoms with Crippen LogP contribution in [0.25, 0.3) is 12.2 Å². The average Bonchev–Trinajstić information content (AvgIpc) is 2.94. The summed E-state index contributed by atoms with van der Waals surface area (Å²) in [5, 5.41) is 3.73. The Balaban J connectivity index is 1.38. The Morgan fingerprint density at radius 2 is 1.55 bits per heavy atom. The summed E-state index contributed by atoms with van der Waals surface area (Å²) in [6, 6.07) is 16.9. The van der Waals surface area contributed by atoms with Gasteiger partial charge in [-0.05, 0) is 60.9 Å². The maximum atomic E-state index is 12.5. The molecule has 1 saturated heterocycles. The Kier molecular flexibility index (Phi) is 6.43. The molecule has 0 radical (unpaired) electrons. The van der Waals surface area contributed by atoms with Crippen LogP contribution in [-0.4, -0.2) is 36.5 Å². The van der Waals surface area contributed by atoms with E-state index in [1.54, 1.807) is 0 Å². The zero-order valence-electron chi connectivity index (χ0n) is 17.0. The van der Waals surface area contributed by atoms with Crippen LogP contribution < -0.4 is 11.1 Å². The van der Waals surface area contributed by atoms with Crippen LogP contribution in [0.2, 0.25) is 0 Å². The molecule has 4 heteroatoms. The normalized spacial score (nSPS) is 17.3. The van der Waals surface area contributed by atoms with Crippen LogP contribution in [-0.2, 0) is 4.79 Å². The van der Waals surface area contributed by atoms with E-state index in [-0.39, 0.29) is 18.0 Å². The number of hydrogen-bond acceptors (Lipinski definition) is 3. The van der Waals surface area contributed by atoms with Crippen molar-refractivity contribution < 1.29 is 4.79 Å². The molecule has 1 fully saturated rings. The molecule has 1 aliphatic carbocycles. The summed E-state index contributed by atoms with van der Waals surface area (Å²) in [6.45, 7) is 2.56. The van der Waals surface area contributed by atoms with Crippen LogP contribution in [0, 0.1) is 0 Å². The largest absolute Gasteiger partial charge is 0.341 e. The molecule has 29 heavy (non-hydrogen) atoms. The van der Waals surface area contributed by atoms with Crippen LogP contribution in [0.4, 0.5) is 0 Å². The summed E-state index contributed by atoms with van der Waals surface area (Å²) in [5.74, 6) is 0.124. The number of nitrogens with one attached hydrogen (secondary N) is 1. The van der Waals surface area contributed by atoms with Gasteiger partial charge in [0.05, 0.1) is 12.1 Å². The van der Waals surface area contributed by atoms with Crippen LogP contribution in [0.5, 0.6) is 0 Å². The number of likely N-dealkylation sites (tertiary alicyclic amines) is 1. The van der Waals surface area contributed by atoms with Gasteiger partial charge in [0.25, 0.3) is 0 Å². The van der Waals surface area contributed by atoms with E-state index in [4.69, 9.17) is 5.73 Å². The van der Waals surface area contributed by atoms with Gasteiger partial charge in [0.15, 0.2) is 0 Å². The quantitative estimate of drug-likeness (QED) is 0.735. The number of benzene rings is 2. The van der Waals surface area contributed by atoms with Crippen molar-refractivity contribution >= 4 is 18.1 Å². The SMILES string of the molecule is NC(CCCNC1c2ccccc2C=Cc2ccccc21)C(=O)N1CCCCC1. The molecule has 2 aliphatic rings. The molecule has 1 atom stereocenters. The van der Waals surface area contributed by atoms with Crippen LogP contribution in [0.1, 0.15) is 60.4 Å². The molecule has 1 aliphatic heterocycles. The van der Waals surface area contributed by atoms with E-state index in [2.05, 4.69) is 66.0 Å². The van der Waals surface area contributed by atoms with Crippen LogP contribution in [0.15, 0.2) is 48.5 Å². The highest BCUT2D eigenvalue weighted by molar-refractivity contribution is 5.81. The lowest BCUT2D eigenvalue weighted by molar-refractivity contribution is -0.133. The van der Waals surface area contributed by atoms with Gasteiger partial charge < -0.3 is 16.0 Å². The summed E-state index contributed by atoms with van der Waals surface area (Å²) < 4.78 is 0. The van der Waals surface area contributed by atoms with E-state index in [0.717, 1.165) is 45.3 Å². The molecule has 0 bridgehead atoms. The molecule has 4 nitrogen and oxygen atoms in total. The minimum Gasteiger partial charge on any atom is -0.341 e. The number of amides is 1. The molecule has 1 heterocycles. The number of nitrogens with zero attached hydrogens (tertiary/aromatic N) is 1. The molecule has 3 N–H and O–H groups in total. The zero-order chi connectivity index (χ0) is 20.1. The maximum absolute atomic E-state index is 12.5. The van der Waals surface area contributed by atoms with E-state index >= 15 is 0 Å². The van der Waals surface area contributed by atoms with Gasteiger partial charge in [0.2, 0.25) is 5.91 Å². The lowest BCUT2D eigenvalue weighted by atomic mass is 9.94. The minimum absolute atomic E-state index is 0.124. The molecule has 0 aromatic heterocycles. The van der Waals surface area contributed by atoms with E-state index in [1.807, 2.05) is 4.90 Å². The predicted molar refractivity (Wildman–Crippen MR) is 119 cm³/mol. The number of fused-ring (bicyclic) bond motifs is 2. The predicted octanol–water partition coefficient (Wildman–Crippen LogP) is 3.97. The number of carbonyl (C=O) groups is 1. The van der Waals surface area contributed by atoms with Crippen molar-refractivity contribution in [2.45, 2.75) is 44.2 Å². The van der Waals surface area contributed by atoms with Gasteiger partial charge in [-0.25, -0.2) is 0 Å². The molecule has 0 spiro atoms. The van der Waals surface area contributed by atoms with Gasteiger partial charge in [0, 0.05) is 13.1 Å². The highest BCUT2D eigenvalue weighted by atomic mass is 16.2. The van der Waals surface area contributed by atoms with Gasteiger partial charge in [-0.3, -0.25) is 4.79 Å². The summed E-state index contributed by atoms with van der Waals surface area (Å²) in [5.41, 5.74) is 11.3. The Bertz CT molecular complexity index is 820. The summed E-state index contributed by atoms with van der Waals surface area (Å²) in [7, 11) is 0. The van der Waals surface area contributed by atoms with Crippen LogP contribution in [0.3, 0.4) is 0 Å². The first-order valence-electron chi connectivity index (χ1n) is 10.9. The number of carbonyl (C=O) groups excluding carboxylic acids is 1. The maximum Gasteiger partial charge on any atom is 0.239 e. The van der Waals surface area contributed by atoms with E-state index in [1.165, 1.54) is 28.7 Å². The fraction of sp³-hybridized carbons (Fsp3) is 0.400.